The fourth-order valence-corrected chi connectivity index (χ4v) is 4.18. The highest BCUT2D eigenvalue weighted by Gasteiger charge is 2.31. The first-order chi connectivity index (χ1) is 9.98. The number of carbonyl (C=O) groups is 1. The predicted molar refractivity (Wildman–Crippen MR) is 76.0 cm³/mol. The van der Waals surface area contributed by atoms with E-state index in [1.165, 1.54) is 31.1 Å². The standard InChI is InChI=1S/C11H18N2O6S2/c1-17-6-4-13(5-7-18-2)21(15,16)11-9(10(14)19-3)12-8-20-11/h8H,4-7H2,1-3H3. The fourth-order valence-electron chi connectivity index (χ4n) is 1.51. The molecule has 0 aromatic carbocycles. The van der Waals surface area contributed by atoms with Crippen LogP contribution in [0.2, 0.25) is 0 Å². The van der Waals surface area contributed by atoms with Crippen LogP contribution < -0.4 is 0 Å². The number of esters is 1. The first kappa shape index (κ1) is 18.0. The highest BCUT2D eigenvalue weighted by atomic mass is 32.2. The lowest BCUT2D eigenvalue weighted by Crippen LogP contribution is -2.36. The van der Waals surface area contributed by atoms with Crippen LogP contribution in [0.5, 0.6) is 0 Å². The Morgan fingerprint density at radius 2 is 1.81 bits per heavy atom. The van der Waals surface area contributed by atoms with Crippen LogP contribution in [-0.4, -0.2) is 71.3 Å². The SMILES string of the molecule is COCCN(CCOC)S(=O)(=O)c1scnc1C(=O)OC. The van der Waals surface area contributed by atoms with E-state index in [1.54, 1.807) is 0 Å². The van der Waals surface area contributed by atoms with E-state index in [0.29, 0.717) is 0 Å². The van der Waals surface area contributed by atoms with E-state index in [-0.39, 0.29) is 36.2 Å². The molecule has 0 radical (unpaired) electrons. The van der Waals surface area contributed by atoms with E-state index in [4.69, 9.17) is 9.47 Å². The molecule has 0 aliphatic rings. The van der Waals surface area contributed by atoms with Gasteiger partial charge in [-0.25, -0.2) is 18.2 Å². The number of aromatic nitrogens is 1. The largest absolute Gasteiger partial charge is 0.464 e. The third kappa shape index (κ3) is 4.45. The summed E-state index contributed by atoms with van der Waals surface area (Å²) in [6.07, 6.45) is 0. The number of hydrogen-bond donors (Lipinski definition) is 0. The number of rotatable bonds is 9. The second-order valence-corrected chi connectivity index (χ2v) is 6.86. The smallest absolute Gasteiger partial charge is 0.358 e. The van der Waals surface area contributed by atoms with E-state index >= 15 is 0 Å². The minimum atomic E-state index is -3.86. The number of nitrogens with zero attached hydrogens (tertiary/aromatic N) is 2. The van der Waals surface area contributed by atoms with Crippen LogP contribution in [0.25, 0.3) is 0 Å². The van der Waals surface area contributed by atoms with Crippen molar-refractivity contribution in [3.63, 3.8) is 0 Å². The Balaban J connectivity index is 3.10. The summed E-state index contributed by atoms with van der Waals surface area (Å²) in [6, 6.07) is 0. The Morgan fingerprint density at radius 3 is 2.29 bits per heavy atom. The van der Waals surface area contributed by atoms with Crippen molar-refractivity contribution in [3.8, 4) is 0 Å². The van der Waals surface area contributed by atoms with Gasteiger partial charge in [-0.15, -0.1) is 11.3 Å². The van der Waals surface area contributed by atoms with Crippen LogP contribution in [-0.2, 0) is 24.2 Å². The van der Waals surface area contributed by atoms with Gasteiger partial charge >= 0.3 is 5.97 Å². The molecule has 1 aromatic heterocycles. The van der Waals surface area contributed by atoms with Crippen molar-refractivity contribution in [2.24, 2.45) is 0 Å². The van der Waals surface area contributed by atoms with E-state index in [9.17, 15) is 13.2 Å². The van der Waals surface area contributed by atoms with E-state index in [1.807, 2.05) is 0 Å². The number of hydrogen-bond acceptors (Lipinski definition) is 8. The van der Waals surface area contributed by atoms with Gasteiger partial charge in [0.1, 0.15) is 0 Å². The molecule has 0 saturated heterocycles. The number of thiazole rings is 1. The average molecular weight is 338 g/mol. The van der Waals surface area contributed by atoms with Gasteiger partial charge in [-0.3, -0.25) is 0 Å². The minimum Gasteiger partial charge on any atom is -0.464 e. The maximum absolute atomic E-state index is 12.6. The summed E-state index contributed by atoms with van der Waals surface area (Å²) >= 11 is 0.872. The fraction of sp³-hybridized carbons (Fsp3) is 0.636. The maximum Gasteiger partial charge on any atom is 0.358 e. The Morgan fingerprint density at radius 1 is 1.24 bits per heavy atom. The minimum absolute atomic E-state index is 0.137. The molecule has 1 heterocycles. The van der Waals surface area contributed by atoms with Crippen LogP contribution in [0.15, 0.2) is 9.72 Å². The lowest BCUT2D eigenvalue weighted by atomic mass is 10.5. The van der Waals surface area contributed by atoms with Gasteiger partial charge in [0.2, 0.25) is 0 Å². The molecule has 0 saturated carbocycles. The zero-order valence-electron chi connectivity index (χ0n) is 12.1. The molecule has 0 aliphatic carbocycles. The summed E-state index contributed by atoms with van der Waals surface area (Å²) in [5.41, 5.74) is 1.09. The third-order valence-electron chi connectivity index (χ3n) is 2.58. The molecule has 0 atom stereocenters. The van der Waals surface area contributed by atoms with Crippen molar-refractivity contribution < 1.29 is 27.4 Å². The molecule has 1 aromatic rings. The molecule has 0 amide bonds. The van der Waals surface area contributed by atoms with Gasteiger partial charge in [0.25, 0.3) is 10.0 Å². The van der Waals surface area contributed by atoms with Gasteiger partial charge in [-0.2, -0.15) is 4.31 Å². The van der Waals surface area contributed by atoms with Crippen molar-refractivity contribution in [1.82, 2.24) is 9.29 Å². The predicted octanol–water partition coefficient (Wildman–Crippen LogP) is 0.213. The lowest BCUT2D eigenvalue weighted by Gasteiger charge is -2.20. The highest BCUT2D eigenvalue weighted by Crippen LogP contribution is 2.24. The molecule has 8 nitrogen and oxygen atoms in total. The first-order valence-corrected chi connectivity index (χ1v) is 8.30. The van der Waals surface area contributed by atoms with Crippen molar-refractivity contribution in [1.29, 1.82) is 0 Å². The molecule has 0 spiro atoms. The summed E-state index contributed by atoms with van der Waals surface area (Å²) in [7, 11) is 0.273. The second kappa shape index (κ2) is 8.39. The molecule has 0 fully saturated rings. The monoisotopic (exact) mass is 338 g/mol. The topological polar surface area (TPSA) is 95.0 Å². The van der Waals surface area contributed by atoms with Crippen molar-refractivity contribution in [3.05, 3.63) is 11.2 Å². The molecule has 120 valence electrons. The number of methoxy groups -OCH3 is 3. The molecule has 0 aliphatic heterocycles. The highest BCUT2D eigenvalue weighted by molar-refractivity contribution is 7.91. The Bertz CT molecular complexity index is 549. The Labute approximate surface area is 127 Å². The van der Waals surface area contributed by atoms with Crippen molar-refractivity contribution >= 4 is 27.3 Å². The second-order valence-electron chi connectivity index (χ2n) is 3.87. The van der Waals surface area contributed by atoms with Gasteiger partial charge in [0, 0.05) is 27.3 Å². The summed E-state index contributed by atoms with van der Waals surface area (Å²) in [4.78, 5) is 15.4. The van der Waals surface area contributed by atoms with Crippen LogP contribution in [0.4, 0.5) is 0 Å². The zero-order valence-corrected chi connectivity index (χ0v) is 13.7. The third-order valence-corrected chi connectivity index (χ3v) is 5.82. The van der Waals surface area contributed by atoms with Gasteiger partial charge in [0.15, 0.2) is 9.90 Å². The van der Waals surface area contributed by atoms with Crippen molar-refractivity contribution in [2.45, 2.75) is 4.21 Å². The normalized spacial score (nSPS) is 11.8. The zero-order chi connectivity index (χ0) is 15.9. The molecule has 0 bridgehead atoms. The maximum atomic E-state index is 12.6. The van der Waals surface area contributed by atoms with Crippen LogP contribution in [0.3, 0.4) is 0 Å². The van der Waals surface area contributed by atoms with E-state index in [0.717, 1.165) is 11.3 Å². The van der Waals surface area contributed by atoms with Crippen LogP contribution >= 0.6 is 11.3 Å². The number of ether oxygens (including phenoxy) is 3. The summed E-state index contributed by atoms with van der Waals surface area (Å²) in [6.45, 7) is 0.770. The molecular formula is C11H18N2O6S2. The summed E-state index contributed by atoms with van der Waals surface area (Å²) < 4.78 is 40.7. The molecule has 21 heavy (non-hydrogen) atoms. The lowest BCUT2D eigenvalue weighted by molar-refractivity contribution is 0.0590. The summed E-state index contributed by atoms with van der Waals surface area (Å²) in [5, 5.41) is 0. The molecule has 10 heteroatoms. The van der Waals surface area contributed by atoms with Gasteiger partial charge in [-0.05, 0) is 0 Å². The van der Waals surface area contributed by atoms with Gasteiger partial charge in [0.05, 0.1) is 25.8 Å². The molecule has 0 N–H and O–H groups in total. The van der Waals surface area contributed by atoms with E-state index < -0.39 is 16.0 Å². The molecule has 0 unspecified atom stereocenters. The van der Waals surface area contributed by atoms with Crippen LogP contribution in [0.1, 0.15) is 10.5 Å². The molecule has 1 rings (SSSR count). The van der Waals surface area contributed by atoms with Gasteiger partial charge in [-0.1, -0.05) is 0 Å². The quantitative estimate of drug-likeness (QED) is 0.594. The number of carbonyl (C=O) groups excluding carboxylic acids is 1. The van der Waals surface area contributed by atoms with Gasteiger partial charge < -0.3 is 14.2 Å². The Kier molecular flexibility index (Phi) is 7.18. The van der Waals surface area contributed by atoms with Crippen molar-refractivity contribution in [2.75, 3.05) is 47.6 Å². The van der Waals surface area contributed by atoms with Crippen LogP contribution in [0, 0.1) is 0 Å². The van der Waals surface area contributed by atoms with E-state index in [2.05, 4.69) is 9.72 Å². The number of sulfonamides is 1. The summed E-state index contributed by atoms with van der Waals surface area (Å²) in [5.74, 6) is -0.784. The first-order valence-electron chi connectivity index (χ1n) is 5.98. The average Bonchev–Trinajstić information content (AvgIpc) is 2.96. The Hall–Kier alpha value is -1.07. The molecular weight excluding hydrogens is 320 g/mol.